The molecule has 0 unspecified atom stereocenters. The summed E-state index contributed by atoms with van der Waals surface area (Å²) in [5.74, 6) is 0.704. The van der Waals surface area contributed by atoms with Crippen LogP contribution in [0.25, 0.3) is 0 Å². The van der Waals surface area contributed by atoms with E-state index in [9.17, 15) is 0 Å². The summed E-state index contributed by atoms with van der Waals surface area (Å²) in [6.07, 6.45) is 2.94. The first-order valence-corrected chi connectivity index (χ1v) is 5.01. The van der Waals surface area contributed by atoms with E-state index >= 15 is 0 Å². The molecule has 2 nitrogen and oxygen atoms in total. The second kappa shape index (κ2) is 4.91. The Bertz CT molecular complexity index is 214. The molecule has 11 heavy (non-hydrogen) atoms. The van der Waals surface area contributed by atoms with Crippen LogP contribution in [0.4, 0.5) is 0 Å². The van der Waals surface area contributed by atoms with E-state index in [1.54, 1.807) is 0 Å². The number of nitrogens with zero attached hydrogens (tertiary/aromatic N) is 2. The fraction of sp³-hybridized carbons (Fsp3) is 0.667. The van der Waals surface area contributed by atoms with Crippen LogP contribution in [-0.2, 0) is 6.42 Å². The van der Waals surface area contributed by atoms with Gasteiger partial charge in [0, 0.05) is 5.88 Å². The van der Waals surface area contributed by atoms with Crippen LogP contribution in [0.1, 0.15) is 18.5 Å². The molecule has 0 aliphatic carbocycles. The number of rotatable bonds is 4. The van der Waals surface area contributed by atoms with Gasteiger partial charge in [0.2, 0.25) is 0 Å². The number of aryl methyl sites for hydroxylation is 1. The Hall–Kier alpha value is 0.140. The van der Waals surface area contributed by atoms with E-state index < -0.39 is 0 Å². The summed E-state index contributed by atoms with van der Waals surface area (Å²) in [4.78, 5) is 0. The van der Waals surface area contributed by atoms with Crippen molar-refractivity contribution in [2.75, 3.05) is 5.88 Å². The number of hydrogen-bond acceptors (Lipinski definition) is 3. The van der Waals surface area contributed by atoms with E-state index in [-0.39, 0.29) is 0 Å². The molecule has 1 rings (SSSR count). The summed E-state index contributed by atoms with van der Waals surface area (Å²) in [5, 5.41) is 0.546. The highest BCUT2D eigenvalue weighted by molar-refractivity contribution is 6.99. The van der Waals surface area contributed by atoms with Gasteiger partial charge >= 0.3 is 0 Å². The Morgan fingerprint density at radius 1 is 1.27 bits per heavy atom. The van der Waals surface area contributed by atoms with Crippen molar-refractivity contribution in [2.24, 2.45) is 0 Å². The summed E-state index contributed by atoms with van der Waals surface area (Å²) < 4.78 is 7.90. The Morgan fingerprint density at radius 3 is 2.64 bits per heavy atom. The predicted octanol–water partition coefficient (Wildman–Crippen LogP) is 2.75. The van der Waals surface area contributed by atoms with Gasteiger partial charge in [-0.25, -0.2) is 0 Å². The Morgan fingerprint density at radius 2 is 2.09 bits per heavy atom. The van der Waals surface area contributed by atoms with Gasteiger partial charge in [-0.05, 0) is 19.3 Å². The molecule has 0 atom stereocenters. The van der Waals surface area contributed by atoms with Crippen molar-refractivity contribution in [3.05, 3.63) is 10.8 Å². The molecule has 0 amide bonds. The van der Waals surface area contributed by atoms with Gasteiger partial charge < -0.3 is 0 Å². The summed E-state index contributed by atoms with van der Waals surface area (Å²) in [6, 6.07) is 0. The van der Waals surface area contributed by atoms with Crippen LogP contribution in [0.15, 0.2) is 0 Å². The first-order chi connectivity index (χ1) is 5.34. The van der Waals surface area contributed by atoms with Crippen LogP contribution in [0.5, 0.6) is 0 Å². The number of alkyl halides is 1. The van der Waals surface area contributed by atoms with Gasteiger partial charge in [0.05, 0.1) is 17.4 Å². The molecule has 0 fully saturated rings. The lowest BCUT2D eigenvalue weighted by Crippen LogP contribution is -1.86. The topological polar surface area (TPSA) is 25.8 Å². The lowest BCUT2D eigenvalue weighted by atomic mass is 10.2. The molecular weight excluding hydrogens is 203 g/mol. The maximum atomic E-state index is 5.72. The third-order valence-corrected chi connectivity index (χ3v) is 2.54. The summed E-state index contributed by atoms with van der Waals surface area (Å²) in [5.41, 5.74) is 0.904. The molecule has 0 aliphatic heterocycles. The Kier molecular flexibility index (Phi) is 4.12. The van der Waals surface area contributed by atoms with Gasteiger partial charge in [0.25, 0.3) is 0 Å². The second-order valence-corrected chi connectivity index (χ2v) is 3.41. The fourth-order valence-corrected chi connectivity index (χ4v) is 1.69. The lowest BCUT2D eigenvalue weighted by molar-refractivity contribution is 0.788. The van der Waals surface area contributed by atoms with Gasteiger partial charge in [-0.3, -0.25) is 0 Å². The van der Waals surface area contributed by atoms with Crippen molar-refractivity contribution in [1.82, 2.24) is 8.75 Å². The molecule has 0 aliphatic rings. The molecule has 0 bridgehead atoms. The van der Waals surface area contributed by atoms with Crippen molar-refractivity contribution < 1.29 is 0 Å². The predicted molar refractivity (Wildman–Crippen MR) is 48.6 cm³/mol. The maximum Gasteiger partial charge on any atom is 0.166 e. The smallest absolute Gasteiger partial charge is 0.166 e. The van der Waals surface area contributed by atoms with Crippen LogP contribution in [-0.4, -0.2) is 14.6 Å². The van der Waals surface area contributed by atoms with Crippen LogP contribution in [0, 0.1) is 0 Å². The van der Waals surface area contributed by atoms with Crippen LogP contribution in [0.3, 0.4) is 0 Å². The molecular formula is C6H8Cl2N2S. The summed E-state index contributed by atoms with van der Waals surface area (Å²) in [7, 11) is 0. The molecule has 0 spiro atoms. The van der Waals surface area contributed by atoms with Gasteiger partial charge in [0.1, 0.15) is 0 Å². The minimum atomic E-state index is 0.546. The largest absolute Gasteiger partial charge is 0.176 e. The quantitative estimate of drug-likeness (QED) is 0.565. The minimum absolute atomic E-state index is 0.546. The first kappa shape index (κ1) is 9.23. The molecule has 0 saturated heterocycles. The monoisotopic (exact) mass is 210 g/mol. The third-order valence-electron chi connectivity index (χ3n) is 1.31. The normalized spacial score (nSPS) is 10.4. The van der Waals surface area contributed by atoms with Crippen LogP contribution in [0.2, 0.25) is 5.15 Å². The molecule has 0 aromatic carbocycles. The maximum absolute atomic E-state index is 5.72. The Balaban J connectivity index is 2.32. The molecule has 1 heterocycles. The van der Waals surface area contributed by atoms with Gasteiger partial charge in [-0.1, -0.05) is 11.6 Å². The zero-order valence-corrected chi connectivity index (χ0v) is 8.22. The molecule has 0 N–H and O–H groups in total. The van der Waals surface area contributed by atoms with Crippen molar-refractivity contribution in [1.29, 1.82) is 0 Å². The molecule has 1 aromatic heterocycles. The van der Waals surface area contributed by atoms with E-state index in [4.69, 9.17) is 23.2 Å². The highest BCUT2D eigenvalue weighted by atomic mass is 35.5. The van der Waals surface area contributed by atoms with Gasteiger partial charge in [0.15, 0.2) is 5.15 Å². The summed E-state index contributed by atoms with van der Waals surface area (Å²) in [6.45, 7) is 0. The second-order valence-electron chi connectivity index (χ2n) is 2.15. The zero-order chi connectivity index (χ0) is 8.10. The Labute approximate surface area is 79.9 Å². The van der Waals surface area contributed by atoms with Gasteiger partial charge in [-0.2, -0.15) is 8.75 Å². The van der Waals surface area contributed by atoms with E-state index in [0.29, 0.717) is 11.0 Å². The van der Waals surface area contributed by atoms with Crippen LogP contribution >= 0.6 is 34.9 Å². The lowest BCUT2D eigenvalue weighted by Gasteiger charge is -1.93. The standard InChI is InChI=1S/C6H8Cl2N2S/c7-4-2-1-3-5-6(8)10-11-9-5/h1-4H2. The number of hydrogen-bond donors (Lipinski definition) is 0. The van der Waals surface area contributed by atoms with E-state index in [0.717, 1.165) is 36.7 Å². The number of aromatic nitrogens is 2. The highest BCUT2D eigenvalue weighted by Gasteiger charge is 2.03. The average molecular weight is 211 g/mol. The fourth-order valence-electron chi connectivity index (χ4n) is 0.732. The average Bonchev–Trinajstić information content (AvgIpc) is 2.37. The molecule has 62 valence electrons. The molecule has 0 saturated carbocycles. The SMILES string of the molecule is ClCCCCc1nsnc1Cl. The number of halogens is 2. The van der Waals surface area contributed by atoms with E-state index in [1.165, 1.54) is 0 Å². The highest BCUT2D eigenvalue weighted by Crippen LogP contribution is 2.14. The van der Waals surface area contributed by atoms with Crippen molar-refractivity contribution >= 4 is 34.9 Å². The van der Waals surface area contributed by atoms with Crippen LogP contribution < -0.4 is 0 Å². The molecule has 0 radical (unpaired) electrons. The molecule has 5 heteroatoms. The third kappa shape index (κ3) is 2.93. The van der Waals surface area contributed by atoms with E-state index in [1.807, 2.05) is 0 Å². The zero-order valence-electron chi connectivity index (χ0n) is 5.89. The number of unbranched alkanes of at least 4 members (excludes halogenated alkanes) is 1. The van der Waals surface area contributed by atoms with Crippen molar-refractivity contribution in [3.8, 4) is 0 Å². The van der Waals surface area contributed by atoms with Gasteiger partial charge in [-0.15, -0.1) is 11.6 Å². The summed E-state index contributed by atoms with van der Waals surface area (Å²) >= 11 is 12.4. The van der Waals surface area contributed by atoms with Crippen molar-refractivity contribution in [2.45, 2.75) is 19.3 Å². The van der Waals surface area contributed by atoms with E-state index in [2.05, 4.69) is 8.75 Å². The molecule has 1 aromatic rings. The first-order valence-electron chi connectivity index (χ1n) is 3.37. The minimum Gasteiger partial charge on any atom is -0.176 e. The van der Waals surface area contributed by atoms with Crippen molar-refractivity contribution in [3.63, 3.8) is 0 Å².